The number of halogens is 1. The standard InChI is InChI=1S/C10H16ClN3O/c1-7(2)15-4-3-13-10-6-8(12)5-9(11)14-10/h5-7H,3-4H2,1-2H3,(H3,12,13,14). The van der Waals surface area contributed by atoms with E-state index in [0.717, 1.165) is 0 Å². The summed E-state index contributed by atoms with van der Waals surface area (Å²) in [6.07, 6.45) is 0.240. The zero-order valence-electron chi connectivity index (χ0n) is 8.96. The SMILES string of the molecule is CC(C)OCCNc1cc(N)cc(Cl)n1. The number of anilines is 2. The number of nitrogens with one attached hydrogen (secondary N) is 1. The number of hydrogen-bond acceptors (Lipinski definition) is 4. The van der Waals surface area contributed by atoms with Crippen molar-refractivity contribution in [3.63, 3.8) is 0 Å². The smallest absolute Gasteiger partial charge is 0.133 e. The lowest BCUT2D eigenvalue weighted by Crippen LogP contribution is -2.13. The molecule has 0 aliphatic heterocycles. The van der Waals surface area contributed by atoms with Gasteiger partial charge in [0.1, 0.15) is 11.0 Å². The van der Waals surface area contributed by atoms with Crippen LogP contribution in [0.15, 0.2) is 12.1 Å². The maximum Gasteiger partial charge on any atom is 0.133 e. The third-order valence-electron chi connectivity index (χ3n) is 1.68. The van der Waals surface area contributed by atoms with Crippen molar-refractivity contribution in [2.24, 2.45) is 0 Å². The monoisotopic (exact) mass is 229 g/mol. The van der Waals surface area contributed by atoms with E-state index in [-0.39, 0.29) is 6.10 Å². The molecule has 0 radical (unpaired) electrons. The molecule has 0 spiro atoms. The van der Waals surface area contributed by atoms with Gasteiger partial charge in [-0.3, -0.25) is 0 Å². The van der Waals surface area contributed by atoms with Crippen LogP contribution in [0.25, 0.3) is 0 Å². The van der Waals surface area contributed by atoms with Crippen LogP contribution in [-0.4, -0.2) is 24.2 Å². The summed E-state index contributed by atoms with van der Waals surface area (Å²) in [5, 5.41) is 3.47. The first kappa shape index (κ1) is 12.1. The normalized spacial score (nSPS) is 10.7. The first-order valence-electron chi connectivity index (χ1n) is 4.86. The van der Waals surface area contributed by atoms with Crippen LogP contribution in [-0.2, 0) is 4.74 Å². The highest BCUT2D eigenvalue weighted by Crippen LogP contribution is 2.15. The summed E-state index contributed by atoms with van der Waals surface area (Å²) >= 11 is 5.75. The number of aromatic nitrogens is 1. The Morgan fingerprint density at radius 2 is 2.27 bits per heavy atom. The van der Waals surface area contributed by atoms with Crippen LogP contribution in [0.3, 0.4) is 0 Å². The number of nitrogen functional groups attached to an aromatic ring is 1. The first-order valence-corrected chi connectivity index (χ1v) is 5.24. The molecule has 0 aliphatic carbocycles. The Balaban J connectivity index is 2.37. The topological polar surface area (TPSA) is 60.2 Å². The van der Waals surface area contributed by atoms with E-state index in [9.17, 15) is 0 Å². The van der Waals surface area contributed by atoms with Crippen molar-refractivity contribution in [2.45, 2.75) is 20.0 Å². The van der Waals surface area contributed by atoms with Crippen molar-refractivity contribution >= 4 is 23.1 Å². The highest BCUT2D eigenvalue weighted by molar-refractivity contribution is 6.29. The van der Waals surface area contributed by atoms with Gasteiger partial charge in [0, 0.05) is 18.3 Å². The van der Waals surface area contributed by atoms with Gasteiger partial charge in [-0.2, -0.15) is 0 Å². The van der Waals surface area contributed by atoms with Gasteiger partial charge in [-0.15, -0.1) is 0 Å². The molecular formula is C10H16ClN3O. The van der Waals surface area contributed by atoms with Crippen molar-refractivity contribution < 1.29 is 4.74 Å². The van der Waals surface area contributed by atoms with Crippen LogP contribution in [0.1, 0.15) is 13.8 Å². The Labute approximate surface area is 94.8 Å². The number of rotatable bonds is 5. The Hall–Kier alpha value is -1.00. The average Bonchev–Trinajstić information content (AvgIpc) is 2.10. The lowest BCUT2D eigenvalue weighted by molar-refractivity contribution is 0.0870. The molecular weight excluding hydrogens is 214 g/mol. The van der Waals surface area contributed by atoms with Gasteiger partial charge in [-0.25, -0.2) is 4.98 Å². The Kier molecular flexibility index (Phi) is 4.65. The van der Waals surface area contributed by atoms with Gasteiger partial charge < -0.3 is 15.8 Å². The second kappa shape index (κ2) is 5.78. The first-order chi connectivity index (χ1) is 7.08. The van der Waals surface area contributed by atoms with Gasteiger partial charge >= 0.3 is 0 Å². The van der Waals surface area contributed by atoms with Gasteiger partial charge in [0.2, 0.25) is 0 Å². The van der Waals surface area contributed by atoms with Crippen LogP contribution in [0.4, 0.5) is 11.5 Å². The van der Waals surface area contributed by atoms with Crippen LogP contribution < -0.4 is 11.1 Å². The molecule has 1 aromatic heterocycles. The van der Waals surface area contributed by atoms with Crippen molar-refractivity contribution in [2.75, 3.05) is 24.2 Å². The summed E-state index contributed by atoms with van der Waals surface area (Å²) in [6, 6.07) is 3.35. The maximum absolute atomic E-state index is 5.75. The van der Waals surface area contributed by atoms with Crippen molar-refractivity contribution in [3.05, 3.63) is 17.3 Å². The van der Waals surface area contributed by atoms with Gasteiger partial charge in [-0.05, 0) is 19.9 Å². The zero-order valence-corrected chi connectivity index (χ0v) is 9.71. The molecule has 84 valence electrons. The minimum atomic E-state index is 0.240. The summed E-state index contributed by atoms with van der Waals surface area (Å²) in [4.78, 5) is 4.07. The maximum atomic E-state index is 5.75. The van der Waals surface area contributed by atoms with E-state index < -0.39 is 0 Å². The lowest BCUT2D eigenvalue weighted by atomic mass is 10.4. The van der Waals surface area contributed by atoms with Gasteiger partial charge in [0.05, 0.1) is 12.7 Å². The van der Waals surface area contributed by atoms with E-state index in [0.29, 0.717) is 29.8 Å². The molecule has 0 atom stereocenters. The lowest BCUT2D eigenvalue weighted by Gasteiger charge is -2.09. The minimum absolute atomic E-state index is 0.240. The molecule has 15 heavy (non-hydrogen) atoms. The fourth-order valence-electron chi connectivity index (χ4n) is 1.08. The highest BCUT2D eigenvalue weighted by atomic mass is 35.5. The molecule has 0 amide bonds. The predicted molar refractivity (Wildman–Crippen MR) is 63.2 cm³/mol. The molecule has 0 bridgehead atoms. The number of nitrogens with two attached hydrogens (primary N) is 1. The summed E-state index contributed by atoms with van der Waals surface area (Å²) in [5.41, 5.74) is 6.22. The number of ether oxygens (including phenoxy) is 1. The van der Waals surface area contributed by atoms with E-state index in [2.05, 4.69) is 10.3 Å². The molecule has 1 rings (SSSR count). The Bertz CT molecular complexity index is 297. The second-order valence-corrected chi connectivity index (χ2v) is 3.84. The van der Waals surface area contributed by atoms with E-state index in [1.54, 1.807) is 12.1 Å². The van der Waals surface area contributed by atoms with Crippen molar-refractivity contribution in [1.29, 1.82) is 0 Å². The third-order valence-corrected chi connectivity index (χ3v) is 1.87. The van der Waals surface area contributed by atoms with Gasteiger partial charge in [0.25, 0.3) is 0 Å². The van der Waals surface area contributed by atoms with Crippen LogP contribution in [0.5, 0.6) is 0 Å². The van der Waals surface area contributed by atoms with E-state index in [1.807, 2.05) is 13.8 Å². The number of nitrogens with zero attached hydrogens (tertiary/aromatic N) is 1. The predicted octanol–water partition coefficient (Wildman–Crippen LogP) is 2.15. The minimum Gasteiger partial charge on any atom is -0.399 e. The molecule has 4 nitrogen and oxygen atoms in total. The number of pyridine rings is 1. The van der Waals surface area contributed by atoms with Crippen LogP contribution >= 0.6 is 11.6 Å². The molecule has 0 aliphatic rings. The summed E-state index contributed by atoms with van der Waals surface area (Å²) in [7, 11) is 0. The molecule has 0 saturated carbocycles. The largest absolute Gasteiger partial charge is 0.399 e. The summed E-state index contributed by atoms with van der Waals surface area (Å²) in [6.45, 7) is 5.31. The highest BCUT2D eigenvalue weighted by Gasteiger charge is 1.98. The molecule has 1 heterocycles. The van der Waals surface area contributed by atoms with Crippen LogP contribution in [0.2, 0.25) is 5.15 Å². The summed E-state index contributed by atoms with van der Waals surface area (Å²) in [5.74, 6) is 0.673. The average molecular weight is 230 g/mol. The molecule has 1 aromatic rings. The van der Waals surface area contributed by atoms with Crippen LogP contribution in [0, 0.1) is 0 Å². The second-order valence-electron chi connectivity index (χ2n) is 3.45. The zero-order chi connectivity index (χ0) is 11.3. The molecule has 0 saturated heterocycles. The Morgan fingerprint density at radius 1 is 1.53 bits per heavy atom. The van der Waals surface area contributed by atoms with E-state index >= 15 is 0 Å². The van der Waals surface area contributed by atoms with E-state index in [1.165, 1.54) is 0 Å². The Morgan fingerprint density at radius 3 is 2.87 bits per heavy atom. The van der Waals surface area contributed by atoms with E-state index in [4.69, 9.17) is 22.1 Å². The molecule has 0 fully saturated rings. The summed E-state index contributed by atoms with van der Waals surface area (Å²) < 4.78 is 5.37. The molecule has 0 aromatic carbocycles. The quantitative estimate of drug-likeness (QED) is 0.600. The van der Waals surface area contributed by atoms with Crippen molar-refractivity contribution in [3.8, 4) is 0 Å². The van der Waals surface area contributed by atoms with Gasteiger partial charge in [0.15, 0.2) is 0 Å². The van der Waals surface area contributed by atoms with Gasteiger partial charge in [-0.1, -0.05) is 11.6 Å². The number of hydrogen-bond donors (Lipinski definition) is 2. The molecule has 0 unspecified atom stereocenters. The third kappa shape index (κ3) is 4.85. The fourth-order valence-corrected chi connectivity index (χ4v) is 1.30. The molecule has 5 heteroatoms. The van der Waals surface area contributed by atoms with Crippen molar-refractivity contribution in [1.82, 2.24) is 4.98 Å². The fraction of sp³-hybridized carbons (Fsp3) is 0.500. The molecule has 3 N–H and O–H groups in total.